The highest BCUT2D eigenvalue weighted by molar-refractivity contribution is 7.12. The Hall–Kier alpha value is -2.94. The summed E-state index contributed by atoms with van der Waals surface area (Å²) in [5, 5.41) is 4.30. The maximum atomic E-state index is 2.43. The third-order valence-electron chi connectivity index (χ3n) is 6.10. The number of rotatable bonds is 6. The first-order valence-corrected chi connectivity index (χ1v) is 12.6. The first-order chi connectivity index (χ1) is 14.7. The minimum atomic E-state index is -2.46. The molecule has 150 valence electrons. The van der Waals surface area contributed by atoms with Crippen LogP contribution < -0.4 is 15.6 Å². The number of benzene rings is 4. The summed E-state index contributed by atoms with van der Waals surface area (Å²) in [7, 11) is 2.00. The predicted molar refractivity (Wildman–Crippen MR) is 132 cm³/mol. The van der Waals surface area contributed by atoms with E-state index in [0.29, 0.717) is 0 Å². The molecule has 0 saturated heterocycles. The third kappa shape index (κ3) is 3.53. The van der Waals surface area contributed by atoms with E-state index in [1.165, 1.54) is 26.7 Å². The molecule has 1 atom stereocenters. The molecule has 0 heterocycles. The Morgan fingerprint density at radius 2 is 0.900 bits per heavy atom. The SMILES string of the molecule is Cc1ccccc1C(N(C)C)[Si](c1ccccc1)(c1ccccc1)c1ccccc1. The van der Waals surface area contributed by atoms with Crippen molar-refractivity contribution in [2.45, 2.75) is 12.6 Å². The van der Waals surface area contributed by atoms with Crippen LogP contribution in [0.3, 0.4) is 0 Å². The van der Waals surface area contributed by atoms with Gasteiger partial charge in [0.25, 0.3) is 0 Å². The lowest BCUT2D eigenvalue weighted by molar-refractivity contribution is 0.374. The molecule has 0 aromatic heterocycles. The number of hydrogen-bond donors (Lipinski definition) is 0. The molecule has 0 saturated carbocycles. The molecule has 1 unspecified atom stereocenters. The quantitative estimate of drug-likeness (QED) is 0.340. The van der Waals surface area contributed by atoms with Crippen LogP contribution in [0, 0.1) is 6.92 Å². The molecule has 1 nitrogen and oxygen atoms in total. The summed E-state index contributed by atoms with van der Waals surface area (Å²) in [6.45, 7) is 2.24. The summed E-state index contributed by atoms with van der Waals surface area (Å²) < 4.78 is 0. The fraction of sp³-hybridized carbons (Fsp3) is 0.143. The van der Waals surface area contributed by atoms with Gasteiger partial charge in [-0.2, -0.15) is 0 Å². The van der Waals surface area contributed by atoms with Gasteiger partial charge in [0.1, 0.15) is 0 Å². The number of aryl methyl sites for hydroxylation is 1. The topological polar surface area (TPSA) is 3.24 Å². The highest BCUT2D eigenvalue weighted by atomic mass is 28.3. The Labute approximate surface area is 181 Å². The summed E-state index contributed by atoms with van der Waals surface area (Å²) in [5.41, 5.74) is 3.01. The zero-order valence-corrected chi connectivity index (χ0v) is 19.0. The van der Waals surface area contributed by atoms with Gasteiger partial charge in [-0.1, -0.05) is 115 Å². The Morgan fingerprint density at radius 1 is 0.533 bits per heavy atom. The van der Waals surface area contributed by atoms with Crippen LogP contribution in [0.1, 0.15) is 16.8 Å². The zero-order valence-electron chi connectivity index (χ0n) is 18.0. The van der Waals surface area contributed by atoms with Crippen molar-refractivity contribution in [2.24, 2.45) is 0 Å². The fourth-order valence-electron chi connectivity index (χ4n) is 4.87. The van der Waals surface area contributed by atoms with E-state index >= 15 is 0 Å². The predicted octanol–water partition coefficient (Wildman–Crippen LogP) is 4.31. The summed E-state index contributed by atoms with van der Waals surface area (Å²) >= 11 is 0. The molecule has 0 fully saturated rings. The van der Waals surface area contributed by atoms with Gasteiger partial charge in [-0.05, 0) is 47.7 Å². The maximum absolute atomic E-state index is 2.46. The minimum Gasteiger partial charge on any atom is -0.304 e. The monoisotopic (exact) mass is 407 g/mol. The molecule has 4 rings (SSSR count). The Kier molecular flexibility index (Phi) is 5.98. The number of nitrogens with zero attached hydrogens (tertiary/aromatic N) is 1. The van der Waals surface area contributed by atoms with E-state index in [4.69, 9.17) is 0 Å². The highest BCUT2D eigenvalue weighted by Crippen LogP contribution is 2.31. The van der Waals surface area contributed by atoms with Crippen LogP contribution in [0.15, 0.2) is 115 Å². The molecule has 0 aliphatic rings. The van der Waals surface area contributed by atoms with Crippen LogP contribution >= 0.6 is 0 Å². The Bertz CT molecular complexity index is 979. The second kappa shape index (κ2) is 8.82. The van der Waals surface area contributed by atoms with E-state index in [-0.39, 0.29) is 5.67 Å². The van der Waals surface area contributed by atoms with E-state index in [1.54, 1.807) is 0 Å². The molecule has 0 amide bonds. The van der Waals surface area contributed by atoms with E-state index in [9.17, 15) is 0 Å². The van der Waals surface area contributed by atoms with E-state index in [0.717, 1.165) is 0 Å². The number of hydrogen-bond acceptors (Lipinski definition) is 1. The average Bonchev–Trinajstić information content (AvgIpc) is 2.80. The lowest BCUT2D eigenvalue weighted by Crippen LogP contribution is -2.73. The summed E-state index contributed by atoms with van der Waals surface area (Å²) in [4.78, 5) is 2.43. The third-order valence-corrected chi connectivity index (χ3v) is 11.5. The first kappa shape index (κ1) is 20.3. The molecule has 4 aromatic rings. The minimum absolute atomic E-state index is 0.255. The smallest absolute Gasteiger partial charge is 0.170 e. The van der Waals surface area contributed by atoms with Crippen molar-refractivity contribution >= 4 is 23.6 Å². The molecular formula is C28H29NSi. The molecule has 0 radical (unpaired) electrons. The van der Waals surface area contributed by atoms with Gasteiger partial charge in [-0.15, -0.1) is 0 Å². The standard InChI is InChI=1S/C28H29NSi/c1-23-15-13-14-22-27(23)28(29(2)3)30(24-16-7-4-8-17-24,25-18-9-5-10-19-25)26-20-11-6-12-21-26/h4-22,28H,1-3H3. The molecule has 2 heteroatoms. The van der Waals surface area contributed by atoms with E-state index < -0.39 is 8.07 Å². The Morgan fingerprint density at radius 3 is 1.27 bits per heavy atom. The van der Waals surface area contributed by atoms with Crippen LogP contribution in [0.25, 0.3) is 0 Å². The van der Waals surface area contributed by atoms with Crippen molar-refractivity contribution in [3.63, 3.8) is 0 Å². The lowest BCUT2D eigenvalue weighted by Gasteiger charge is -2.44. The van der Waals surface area contributed by atoms with E-state index in [1.807, 2.05) is 0 Å². The van der Waals surface area contributed by atoms with Crippen LogP contribution in [-0.4, -0.2) is 27.1 Å². The van der Waals surface area contributed by atoms with Crippen molar-refractivity contribution < 1.29 is 0 Å². The van der Waals surface area contributed by atoms with Gasteiger partial charge in [-0.25, -0.2) is 0 Å². The summed E-state index contributed by atoms with van der Waals surface area (Å²) in [6.07, 6.45) is 0. The molecule has 0 bridgehead atoms. The van der Waals surface area contributed by atoms with Crippen molar-refractivity contribution in [1.82, 2.24) is 4.90 Å². The van der Waals surface area contributed by atoms with Gasteiger partial charge >= 0.3 is 0 Å². The zero-order chi connectivity index (χ0) is 21.0. The highest BCUT2D eigenvalue weighted by Gasteiger charge is 2.48. The van der Waals surface area contributed by atoms with Crippen molar-refractivity contribution in [1.29, 1.82) is 0 Å². The second-order valence-corrected chi connectivity index (χ2v) is 12.0. The fourth-order valence-corrected chi connectivity index (χ4v) is 10.5. The van der Waals surface area contributed by atoms with Gasteiger partial charge < -0.3 is 4.90 Å². The molecule has 30 heavy (non-hydrogen) atoms. The van der Waals surface area contributed by atoms with Crippen molar-refractivity contribution in [3.8, 4) is 0 Å². The molecular weight excluding hydrogens is 378 g/mol. The molecule has 0 aliphatic heterocycles. The average molecular weight is 408 g/mol. The van der Waals surface area contributed by atoms with Crippen LogP contribution in [0.2, 0.25) is 0 Å². The summed E-state index contributed by atoms with van der Waals surface area (Å²) in [6, 6.07) is 42.4. The van der Waals surface area contributed by atoms with Gasteiger partial charge in [0.2, 0.25) is 0 Å². The van der Waals surface area contributed by atoms with Crippen LogP contribution in [-0.2, 0) is 0 Å². The van der Waals surface area contributed by atoms with Gasteiger partial charge in [0.15, 0.2) is 8.07 Å². The van der Waals surface area contributed by atoms with Gasteiger partial charge in [0, 0.05) is 5.67 Å². The first-order valence-electron chi connectivity index (χ1n) is 10.5. The van der Waals surface area contributed by atoms with Crippen LogP contribution in [0.5, 0.6) is 0 Å². The van der Waals surface area contributed by atoms with E-state index in [2.05, 4.69) is 141 Å². The maximum Gasteiger partial charge on any atom is 0.170 e. The lowest BCUT2D eigenvalue weighted by atomic mass is 10.1. The Balaban J connectivity index is 2.15. The molecule has 4 aromatic carbocycles. The van der Waals surface area contributed by atoms with Crippen molar-refractivity contribution in [2.75, 3.05) is 14.1 Å². The van der Waals surface area contributed by atoms with Crippen LogP contribution in [0.4, 0.5) is 0 Å². The van der Waals surface area contributed by atoms with Gasteiger partial charge in [-0.3, -0.25) is 0 Å². The molecule has 0 aliphatic carbocycles. The summed E-state index contributed by atoms with van der Waals surface area (Å²) in [5.74, 6) is 0. The van der Waals surface area contributed by atoms with Crippen molar-refractivity contribution in [3.05, 3.63) is 126 Å². The second-order valence-electron chi connectivity index (χ2n) is 8.13. The largest absolute Gasteiger partial charge is 0.304 e. The molecule has 0 spiro atoms. The molecule has 0 N–H and O–H groups in total. The normalized spacial score (nSPS) is 12.7. The van der Waals surface area contributed by atoms with Gasteiger partial charge in [0.05, 0.1) is 0 Å².